The molecule has 4 nitrogen and oxygen atoms in total. The zero-order valence-corrected chi connectivity index (χ0v) is 12.3. The van der Waals surface area contributed by atoms with E-state index < -0.39 is 10.0 Å². The van der Waals surface area contributed by atoms with Gasteiger partial charge in [0.15, 0.2) is 0 Å². The van der Waals surface area contributed by atoms with Crippen LogP contribution in [0.1, 0.15) is 12.0 Å². The Balaban J connectivity index is 2.29. The molecule has 1 fully saturated rings. The molecule has 1 atom stereocenters. The lowest BCUT2D eigenvalue weighted by Gasteiger charge is -2.13. The third-order valence-corrected chi connectivity index (χ3v) is 5.97. The first-order chi connectivity index (χ1) is 8.40. The zero-order chi connectivity index (χ0) is 13.3. The average molecular weight is 307 g/mol. The molecule has 1 aromatic carbocycles. The molecule has 0 amide bonds. The summed E-state index contributed by atoms with van der Waals surface area (Å²) in [5.74, 6) is 1.80. The summed E-state index contributed by atoms with van der Waals surface area (Å²) in [4.78, 5) is 0.132. The summed E-state index contributed by atoms with van der Waals surface area (Å²) in [6.45, 7) is 1.76. The lowest BCUT2D eigenvalue weighted by atomic mass is 10.2. The molecule has 0 bridgehead atoms. The van der Waals surface area contributed by atoms with Crippen LogP contribution < -0.4 is 10.5 Å². The Kier molecular flexibility index (Phi) is 4.11. The maximum Gasteiger partial charge on any atom is 0.240 e. The van der Waals surface area contributed by atoms with Gasteiger partial charge in [0.2, 0.25) is 10.0 Å². The van der Waals surface area contributed by atoms with Crippen molar-refractivity contribution in [3.8, 4) is 0 Å². The van der Waals surface area contributed by atoms with E-state index in [0.29, 0.717) is 16.3 Å². The van der Waals surface area contributed by atoms with Crippen molar-refractivity contribution in [1.82, 2.24) is 4.72 Å². The second-order valence-electron chi connectivity index (χ2n) is 4.30. The maximum atomic E-state index is 12.2. The van der Waals surface area contributed by atoms with Crippen LogP contribution in [0, 0.1) is 6.92 Å². The highest BCUT2D eigenvalue weighted by Gasteiger charge is 2.24. The largest absolute Gasteiger partial charge is 0.398 e. The summed E-state index contributed by atoms with van der Waals surface area (Å²) < 4.78 is 27.0. The molecule has 100 valence electrons. The standard InChI is InChI=1S/C11H15ClN2O2S2/c1-7-10(12)4-9(5-11(7)13)18(15,16)14-8-2-3-17-6-8/h4-5,8,14H,2-3,6,13H2,1H3. The maximum absolute atomic E-state index is 12.2. The van der Waals surface area contributed by atoms with Gasteiger partial charge in [0.05, 0.1) is 4.90 Å². The second kappa shape index (κ2) is 5.28. The van der Waals surface area contributed by atoms with Crippen LogP contribution in [0.2, 0.25) is 5.02 Å². The van der Waals surface area contributed by atoms with Crippen LogP contribution >= 0.6 is 23.4 Å². The number of anilines is 1. The summed E-state index contributed by atoms with van der Waals surface area (Å²) >= 11 is 7.71. The number of benzene rings is 1. The number of sulfonamides is 1. The van der Waals surface area contributed by atoms with Gasteiger partial charge in [-0.15, -0.1) is 0 Å². The van der Waals surface area contributed by atoms with Gasteiger partial charge in [0.1, 0.15) is 0 Å². The van der Waals surface area contributed by atoms with Crippen molar-refractivity contribution in [2.24, 2.45) is 0 Å². The van der Waals surface area contributed by atoms with Crippen LogP contribution in [0.25, 0.3) is 0 Å². The Labute approximate surface area is 116 Å². The van der Waals surface area contributed by atoms with Crippen molar-refractivity contribution in [2.75, 3.05) is 17.2 Å². The predicted molar refractivity (Wildman–Crippen MR) is 76.7 cm³/mol. The molecular weight excluding hydrogens is 292 g/mol. The van der Waals surface area contributed by atoms with Crippen molar-refractivity contribution >= 4 is 39.1 Å². The minimum absolute atomic E-state index is 0.00121. The van der Waals surface area contributed by atoms with Crippen molar-refractivity contribution in [2.45, 2.75) is 24.3 Å². The molecule has 18 heavy (non-hydrogen) atoms. The Bertz CT molecular complexity index is 531. The highest BCUT2D eigenvalue weighted by molar-refractivity contribution is 7.99. The predicted octanol–water partition coefficient (Wildman–Crippen LogP) is 2.01. The third-order valence-electron chi connectivity index (χ3n) is 2.92. The van der Waals surface area contributed by atoms with Crippen LogP contribution in [0.4, 0.5) is 5.69 Å². The molecule has 1 heterocycles. The van der Waals surface area contributed by atoms with E-state index >= 15 is 0 Å². The molecule has 1 unspecified atom stereocenters. The summed E-state index contributed by atoms with van der Waals surface area (Å²) in [5, 5.41) is 0.371. The lowest BCUT2D eigenvalue weighted by Crippen LogP contribution is -2.34. The number of rotatable bonds is 3. The smallest absolute Gasteiger partial charge is 0.240 e. The topological polar surface area (TPSA) is 72.2 Å². The van der Waals surface area contributed by atoms with Gasteiger partial charge in [0, 0.05) is 22.5 Å². The summed E-state index contributed by atoms with van der Waals surface area (Å²) in [5.41, 5.74) is 6.84. The Hall–Kier alpha value is -0.430. The van der Waals surface area contributed by atoms with Crippen molar-refractivity contribution < 1.29 is 8.42 Å². The van der Waals surface area contributed by atoms with Crippen LogP contribution in [-0.4, -0.2) is 26.0 Å². The summed E-state index contributed by atoms with van der Waals surface area (Å²) in [6.07, 6.45) is 0.860. The number of hydrogen-bond acceptors (Lipinski definition) is 4. The van der Waals surface area contributed by atoms with Gasteiger partial charge in [-0.2, -0.15) is 11.8 Å². The van der Waals surface area contributed by atoms with Crippen LogP contribution in [-0.2, 0) is 10.0 Å². The van der Waals surface area contributed by atoms with Gasteiger partial charge in [-0.25, -0.2) is 13.1 Å². The molecule has 1 aliphatic rings. The van der Waals surface area contributed by atoms with Gasteiger partial charge in [-0.1, -0.05) is 11.6 Å². The zero-order valence-electron chi connectivity index (χ0n) is 9.94. The molecule has 0 aliphatic carbocycles. The minimum atomic E-state index is -3.53. The van der Waals surface area contributed by atoms with E-state index in [4.69, 9.17) is 17.3 Å². The molecule has 0 spiro atoms. The quantitative estimate of drug-likeness (QED) is 0.838. The highest BCUT2D eigenvalue weighted by Crippen LogP contribution is 2.27. The summed E-state index contributed by atoms with van der Waals surface area (Å²) in [7, 11) is -3.53. The number of hydrogen-bond donors (Lipinski definition) is 2. The SMILES string of the molecule is Cc1c(N)cc(S(=O)(=O)NC2CCSC2)cc1Cl. The number of nitrogens with one attached hydrogen (secondary N) is 1. The highest BCUT2D eigenvalue weighted by atomic mass is 35.5. The first-order valence-electron chi connectivity index (χ1n) is 5.56. The number of nitrogens with two attached hydrogens (primary N) is 1. The molecule has 2 rings (SSSR count). The molecule has 1 saturated heterocycles. The number of thioether (sulfide) groups is 1. The molecule has 1 aromatic rings. The molecule has 7 heteroatoms. The van der Waals surface area contributed by atoms with Crippen molar-refractivity contribution in [3.05, 3.63) is 22.7 Å². The fourth-order valence-electron chi connectivity index (χ4n) is 1.74. The molecule has 1 aliphatic heterocycles. The van der Waals surface area contributed by atoms with E-state index in [-0.39, 0.29) is 10.9 Å². The average Bonchev–Trinajstić information content (AvgIpc) is 2.77. The van der Waals surface area contributed by atoms with Crippen LogP contribution in [0.3, 0.4) is 0 Å². The first-order valence-corrected chi connectivity index (χ1v) is 8.57. The van der Waals surface area contributed by atoms with Crippen LogP contribution in [0.5, 0.6) is 0 Å². The molecular formula is C11H15ClN2O2S2. The van der Waals surface area contributed by atoms with Gasteiger partial charge in [-0.3, -0.25) is 0 Å². The van der Waals surface area contributed by atoms with E-state index in [9.17, 15) is 8.42 Å². The third kappa shape index (κ3) is 2.93. The Morgan fingerprint density at radius 3 is 2.78 bits per heavy atom. The number of halogens is 1. The molecule has 0 aromatic heterocycles. The van der Waals surface area contributed by atoms with Gasteiger partial charge in [0.25, 0.3) is 0 Å². The van der Waals surface area contributed by atoms with Gasteiger partial charge in [-0.05, 0) is 36.8 Å². The normalized spacial score (nSPS) is 20.2. The Morgan fingerprint density at radius 2 is 2.22 bits per heavy atom. The molecule has 0 radical (unpaired) electrons. The first kappa shape index (κ1) is 14.0. The van der Waals surface area contributed by atoms with Gasteiger partial charge < -0.3 is 5.73 Å². The van der Waals surface area contributed by atoms with E-state index in [1.807, 2.05) is 0 Å². The minimum Gasteiger partial charge on any atom is -0.398 e. The van der Waals surface area contributed by atoms with E-state index in [0.717, 1.165) is 17.9 Å². The fraction of sp³-hybridized carbons (Fsp3) is 0.455. The number of nitrogen functional groups attached to an aromatic ring is 1. The lowest BCUT2D eigenvalue weighted by molar-refractivity contribution is 0.563. The van der Waals surface area contributed by atoms with Crippen LogP contribution in [0.15, 0.2) is 17.0 Å². The van der Waals surface area contributed by atoms with E-state index in [1.54, 1.807) is 18.7 Å². The van der Waals surface area contributed by atoms with E-state index in [1.165, 1.54) is 12.1 Å². The monoisotopic (exact) mass is 306 g/mol. The fourth-order valence-corrected chi connectivity index (χ4v) is 4.62. The van der Waals surface area contributed by atoms with Crippen molar-refractivity contribution in [1.29, 1.82) is 0 Å². The molecule has 3 N–H and O–H groups in total. The Morgan fingerprint density at radius 1 is 1.50 bits per heavy atom. The molecule has 0 saturated carbocycles. The summed E-state index contributed by atoms with van der Waals surface area (Å²) in [6, 6.07) is 2.89. The van der Waals surface area contributed by atoms with E-state index in [2.05, 4.69) is 4.72 Å². The van der Waals surface area contributed by atoms with Crippen molar-refractivity contribution in [3.63, 3.8) is 0 Å². The second-order valence-corrected chi connectivity index (χ2v) is 7.57. The van der Waals surface area contributed by atoms with Gasteiger partial charge >= 0.3 is 0 Å².